The highest BCUT2D eigenvalue weighted by atomic mass is 32.1. The van der Waals surface area contributed by atoms with Crippen molar-refractivity contribution in [1.82, 2.24) is 14.3 Å². The fourth-order valence-corrected chi connectivity index (χ4v) is 4.29. The smallest absolute Gasteiger partial charge is 0.251 e. The number of anilines is 1. The zero-order valence-electron chi connectivity index (χ0n) is 13.6. The molecule has 3 aliphatic rings. The molecule has 0 aromatic carbocycles. The van der Waals surface area contributed by atoms with E-state index in [0.29, 0.717) is 5.92 Å². The molecule has 3 fully saturated rings. The van der Waals surface area contributed by atoms with E-state index in [4.69, 9.17) is 0 Å². The first-order chi connectivity index (χ1) is 11.5. The van der Waals surface area contributed by atoms with Crippen LogP contribution in [0.25, 0.3) is 0 Å². The standard InChI is InChI=1S/C16H22F2N4OS/c17-16(18)5-9-21(10-6-16)14(23)12-3-7-22(8-4-12)15-19-13(20-24-15)11-1-2-11/h11-12H,1-10H2. The summed E-state index contributed by atoms with van der Waals surface area (Å²) in [6, 6.07) is 0. The summed E-state index contributed by atoms with van der Waals surface area (Å²) in [4.78, 5) is 21.0. The number of amides is 1. The van der Waals surface area contributed by atoms with Gasteiger partial charge >= 0.3 is 0 Å². The molecule has 1 aromatic rings. The van der Waals surface area contributed by atoms with E-state index in [9.17, 15) is 13.6 Å². The van der Waals surface area contributed by atoms with E-state index in [-0.39, 0.29) is 37.8 Å². The summed E-state index contributed by atoms with van der Waals surface area (Å²) in [5, 5.41) is 0.959. The lowest BCUT2D eigenvalue weighted by atomic mass is 9.94. The van der Waals surface area contributed by atoms with Crippen molar-refractivity contribution in [3.05, 3.63) is 5.82 Å². The average Bonchev–Trinajstić information content (AvgIpc) is 3.32. The first kappa shape index (κ1) is 16.2. The molecular weight excluding hydrogens is 334 g/mol. The van der Waals surface area contributed by atoms with Crippen molar-refractivity contribution in [2.75, 3.05) is 31.1 Å². The summed E-state index contributed by atoms with van der Waals surface area (Å²) in [5.74, 6) is -1.05. The second-order valence-electron chi connectivity index (χ2n) is 7.15. The minimum atomic E-state index is -2.60. The van der Waals surface area contributed by atoms with Crippen LogP contribution in [-0.4, -0.2) is 52.3 Å². The molecule has 1 saturated carbocycles. The number of halogens is 2. The lowest BCUT2D eigenvalue weighted by molar-refractivity contribution is -0.142. The summed E-state index contributed by atoms with van der Waals surface area (Å²) < 4.78 is 30.9. The molecule has 1 aliphatic carbocycles. The van der Waals surface area contributed by atoms with Crippen LogP contribution < -0.4 is 4.90 Å². The Morgan fingerprint density at radius 3 is 2.38 bits per heavy atom. The maximum absolute atomic E-state index is 13.2. The number of carbonyl (C=O) groups is 1. The van der Waals surface area contributed by atoms with Gasteiger partial charge in [-0.15, -0.1) is 0 Å². The van der Waals surface area contributed by atoms with Gasteiger partial charge in [0.05, 0.1) is 0 Å². The number of likely N-dealkylation sites (tertiary alicyclic amines) is 1. The molecule has 2 aliphatic heterocycles. The number of alkyl halides is 2. The van der Waals surface area contributed by atoms with Crippen LogP contribution in [0.4, 0.5) is 13.9 Å². The normalized spacial score (nSPS) is 25.1. The fraction of sp³-hybridized carbons (Fsp3) is 0.812. The van der Waals surface area contributed by atoms with Gasteiger partial charge in [-0.25, -0.2) is 13.8 Å². The molecule has 5 nitrogen and oxygen atoms in total. The average molecular weight is 356 g/mol. The molecular formula is C16H22F2N4OS. The first-order valence-corrected chi connectivity index (χ1v) is 9.54. The van der Waals surface area contributed by atoms with Gasteiger partial charge in [-0.1, -0.05) is 0 Å². The molecule has 0 atom stereocenters. The van der Waals surface area contributed by atoms with Crippen molar-refractivity contribution < 1.29 is 13.6 Å². The predicted octanol–water partition coefficient (Wildman–Crippen LogP) is 2.89. The lowest BCUT2D eigenvalue weighted by Crippen LogP contribution is -2.47. The first-order valence-electron chi connectivity index (χ1n) is 8.77. The predicted molar refractivity (Wildman–Crippen MR) is 87.6 cm³/mol. The Balaban J connectivity index is 1.30. The van der Waals surface area contributed by atoms with Crippen LogP contribution in [0.15, 0.2) is 0 Å². The Labute approximate surface area is 144 Å². The van der Waals surface area contributed by atoms with Crippen molar-refractivity contribution in [3.63, 3.8) is 0 Å². The van der Waals surface area contributed by atoms with Crippen LogP contribution in [0.5, 0.6) is 0 Å². The lowest BCUT2D eigenvalue weighted by Gasteiger charge is -2.37. The number of nitrogens with zero attached hydrogens (tertiary/aromatic N) is 4. The number of hydrogen-bond donors (Lipinski definition) is 0. The van der Waals surface area contributed by atoms with Gasteiger partial charge in [0, 0.05) is 62.4 Å². The third-order valence-electron chi connectivity index (χ3n) is 5.29. The van der Waals surface area contributed by atoms with E-state index in [1.54, 1.807) is 4.90 Å². The molecule has 0 spiro atoms. The van der Waals surface area contributed by atoms with Crippen LogP contribution in [-0.2, 0) is 4.79 Å². The molecule has 2 saturated heterocycles. The van der Waals surface area contributed by atoms with Crippen LogP contribution in [0, 0.1) is 5.92 Å². The highest BCUT2D eigenvalue weighted by molar-refractivity contribution is 7.09. The zero-order chi connectivity index (χ0) is 16.7. The summed E-state index contributed by atoms with van der Waals surface area (Å²) in [7, 11) is 0. The van der Waals surface area contributed by atoms with Crippen LogP contribution in [0.3, 0.4) is 0 Å². The second kappa shape index (κ2) is 6.20. The van der Waals surface area contributed by atoms with Gasteiger partial charge in [0.2, 0.25) is 11.0 Å². The molecule has 1 amide bonds. The largest absolute Gasteiger partial charge is 0.347 e. The molecule has 0 radical (unpaired) electrons. The Kier molecular flexibility index (Phi) is 4.18. The molecule has 24 heavy (non-hydrogen) atoms. The van der Waals surface area contributed by atoms with E-state index >= 15 is 0 Å². The minimum absolute atomic E-state index is 0.0382. The zero-order valence-corrected chi connectivity index (χ0v) is 14.4. The van der Waals surface area contributed by atoms with Crippen molar-refractivity contribution in [2.45, 2.75) is 50.4 Å². The topological polar surface area (TPSA) is 49.3 Å². The maximum atomic E-state index is 13.2. The van der Waals surface area contributed by atoms with Gasteiger partial charge in [-0.3, -0.25) is 4.79 Å². The third kappa shape index (κ3) is 3.38. The summed E-state index contributed by atoms with van der Waals surface area (Å²) >= 11 is 1.45. The number of hydrogen-bond acceptors (Lipinski definition) is 5. The minimum Gasteiger partial charge on any atom is -0.347 e. The van der Waals surface area contributed by atoms with Crippen molar-refractivity contribution in [1.29, 1.82) is 0 Å². The molecule has 8 heteroatoms. The Bertz CT molecular complexity index is 601. The Morgan fingerprint density at radius 1 is 1.08 bits per heavy atom. The Morgan fingerprint density at radius 2 is 1.75 bits per heavy atom. The highest BCUT2D eigenvalue weighted by Gasteiger charge is 2.38. The number of piperidine rings is 2. The molecule has 0 unspecified atom stereocenters. The molecule has 1 aromatic heterocycles. The van der Waals surface area contributed by atoms with Crippen LogP contribution >= 0.6 is 11.5 Å². The second-order valence-corrected chi connectivity index (χ2v) is 7.88. The molecule has 4 rings (SSSR count). The van der Waals surface area contributed by atoms with E-state index in [1.807, 2.05) is 0 Å². The quantitative estimate of drug-likeness (QED) is 0.836. The van der Waals surface area contributed by atoms with Crippen LogP contribution in [0.1, 0.15) is 50.3 Å². The maximum Gasteiger partial charge on any atom is 0.251 e. The molecule has 132 valence electrons. The van der Waals surface area contributed by atoms with Gasteiger partial charge in [0.1, 0.15) is 5.82 Å². The number of aromatic nitrogens is 2. The Hall–Kier alpha value is -1.31. The van der Waals surface area contributed by atoms with Crippen molar-refractivity contribution in [2.24, 2.45) is 5.92 Å². The number of rotatable bonds is 3. The van der Waals surface area contributed by atoms with Gasteiger partial charge in [-0.05, 0) is 25.7 Å². The van der Waals surface area contributed by atoms with Crippen LogP contribution in [0.2, 0.25) is 0 Å². The van der Waals surface area contributed by atoms with Gasteiger partial charge in [-0.2, -0.15) is 4.37 Å². The molecule has 0 bridgehead atoms. The van der Waals surface area contributed by atoms with Gasteiger partial charge < -0.3 is 9.80 Å². The van der Waals surface area contributed by atoms with Crippen molar-refractivity contribution in [3.8, 4) is 0 Å². The SMILES string of the molecule is O=C(C1CCN(c2nc(C3CC3)ns2)CC1)N1CCC(F)(F)CC1. The van der Waals surface area contributed by atoms with E-state index in [0.717, 1.165) is 36.9 Å². The van der Waals surface area contributed by atoms with Crippen molar-refractivity contribution >= 4 is 22.6 Å². The summed E-state index contributed by atoms with van der Waals surface area (Å²) in [6.07, 6.45) is 3.52. The van der Waals surface area contributed by atoms with Gasteiger partial charge in [0.15, 0.2) is 0 Å². The number of carbonyl (C=O) groups excluding carboxylic acids is 1. The monoisotopic (exact) mass is 356 g/mol. The van der Waals surface area contributed by atoms with E-state index in [2.05, 4.69) is 14.3 Å². The summed E-state index contributed by atoms with van der Waals surface area (Å²) in [6.45, 7) is 1.96. The highest BCUT2D eigenvalue weighted by Crippen LogP contribution is 2.40. The molecule has 0 N–H and O–H groups in total. The third-order valence-corrected chi connectivity index (χ3v) is 6.09. The summed E-state index contributed by atoms with van der Waals surface area (Å²) in [5.41, 5.74) is 0. The van der Waals surface area contributed by atoms with E-state index in [1.165, 1.54) is 24.4 Å². The fourth-order valence-electron chi connectivity index (χ4n) is 3.49. The van der Waals surface area contributed by atoms with E-state index < -0.39 is 5.92 Å². The van der Waals surface area contributed by atoms with Gasteiger partial charge in [0.25, 0.3) is 5.92 Å². The molecule has 3 heterocycles.